The number of primary amides is 1. The Balaban J connectivity index is 1.66. The van der Waals surface area contributed by atoms with Crippen molar-refractivity contribution in [1.82, 2.24) is 14.8 Å². The first-order valence-corrected chi connectivity index (χ1v) is 10.6. The molecule has 7 nitrogen and oxygen atoms in total. The number of hydrogen-bond acceptors (Lipinski definition) is 5. The van der Waals surface area contributed by atoms with Crippen LogP contribution in [-0.2, 0) is 11.8 Å². The number of nitrogens with zero attached hydrogens (tertiary/aromatic N) is 3. The SMILES string of the molecule is Cc1nn(C)c2nc(C3CC3)cc(C(=O)Nc3ccccc3SCCC(N)=O)c12. The summed E-state index contributed by atoms with van der Waals surface area (Å²) in [6.45, 7) is 1.89. The van der Waals surface area contributed by atoms with Crippen molar-refractivity contribution in [3.8, 4) is 0 Å². The molecular formula is C21H23N5O2S. The average Bonchev–Trinajstić information content (AvgIpc) is 3.49. The summed E-state index contributed by atoms with van der Waals surface area (Å²) < 4.78 is 1.74. The van der Waals surface area contributed by atoms with E-state index in [9.17, 15) is 9.59 Å². The van der Waals surface area contributed by atoms with E-state index in [0.717, 1.165) is 40.2 Å². The summed E-state index contributed by atoms with van der Waals surface area (Å²) in [5.41, 5.74) is 9.01. The van der Waals surface area contributed by atoms with Gasteiger partial charge in [0.15, 0.2) is 5.65 Å². The minimum atomic E-state index is -0.335. The van der Waals surface area contributed by atoms with Crippen LogP contribution in [0.5, 0.6) is 0 Å². The Morgan fingerprint density at radius 3 is 2.79 bits per heavy atom. The molecule has 1 saturated carbocycles. The first-order valence-electron chi connectivity index (χ1n) is 9.59. The van der Waals surface area contributed by atoms with Gasteiger partial charge in [-0.2, -0.15) is 5.10 Å². The van der Waals surface area contributed by atoms with E-state index in [1.165, 1.54) is 11.8 Å². The highest BCUT2D eigenvalue weighted by Gasteiger charge is 2.28. The van der Waals surface area contributed by atoms with Crippen LogP contribution < -0.4 is 11.1 Å². The van der Waals surface area contributed by atoms with Crippen LogP contribution in [0.1, 0.15) is 46.9 Å². The van der Waals surface area contributed by atoms with Crippen molar-refractivity contribution in [3.63, 3.8) is 0 Å². The number of nitrogens with two attached hydrogens (primary N) is 1. The molecule has 150 valence electrons. The lowest BCUT2D eigenvalue weighted by molar-refractivity contribution is -0.117. The minimum absolute atomic E-state index is 0.182. The normalized spacial score (nSPS) is 13.6. The molecule has 2 aromatic heterocycles. The Labute approximate surface area is 173 Å². The van der Waals surface area contributed by atoms with Crippen molar-refractivity contribution < 1.29 is 9.59 Å². The molecule has 1 aliphatic rings. The molecule has 0 saturated heterocycles. The number of rotatable bonds is 7. The third-order valence-electron chi connectivity index (χ3n) is 4.97. The number of aryl methyl sites for hydroxylation is 2. The number of amides is 2. The van der Waals surface area contributed by atoms with E-state index in [4.69, 9.17) is 10.7 Å². The fraction of sp³-hybridized carbons (Fsp3) is 0.333. The molecule has 3 N–H and O–H groups in total. The van der Waals surface area contributed by atoms with E-state index in [1.807, 2.05) is 44.3 Å². The monoisotopic (exact) mass is 409 g/mol. The minimum Gasteiger partial charge on any atom is -0.370 e. The summed E-state index contributed by atoms with van der Waals surface area (Å²) in [6, 6.07) is 9.48. The average molecular weight is 410 g/mol. The molecule has 2 heterocycles. The number of carbonyl (C=O) groups is 2. The van der Waals surface area contributed by atoms with Crippen LogP contribution in [0.25, 0.3) is 11.0 Å². The largest absolute Gasteiger partial charge is 0.370 e. The Hall–Kier alpha value is -2.87. The number of hydrogen-bond donors (Lipinski definition) is 2. The number of benzene rings is 1. The number of nitrogens with one attached hydrogen (secondary N) is 1. The van der Waals surface area contributed by atoms with Gasteiger partial charge in [0.2, 0.25) is 5.91 Å². The maximum absolute atomic E-state index is 13.3. The molecule has 0 aliphatic heterocycles. The van der Waals surface area contributed by atoms with Crippen molar-refractivity contribution in [2.24, 2.45) is 12.8 Å². The van der Waals surface area contributed by atoms with Crippen LogP contribution in [-0.4, -0.2) is 32.3 Å². The quantitative estimate of drug-likeness (QED) is 0.582. The van der Waals surface area contributed by atoms with Crippen molar-refractivity contribution in [3.05, 3.63) is 47.3 Å². The second kappa shape index (κ2) is 7.87. The van der Waals surface area contributed by atoms with Gasteiger partial charge in [0.25, 0.3) is 5.91 Å². The van der Waals surface area contributed by atoms with Crippen molar-refractivity contribution in [2.45, 2.75) is 37.0 Å². The summed E-state index contributed by atoms with van der Waals surface area (Å²) in [6.07, 6.45) is 2.50. The lowest BCUT2D eigenvalue weighted by Gasteiger charge is -2.12. The molecule has 3 aromatic rings. The van der Waals surface area contributed by atoms with E-state index >= 15 is 0 Å². The van der Waals surface area contributed by atoms with E-state index in [2.05, 4.69) is 10.4 Å². The molecule has 0 bridgehead atoms. The zero-order valence-corrected chi connectivity index (χ0v) is 17.3. The molecule has 1 fully saturated rings. The number of thioether (sulfide) groups is 1. The Bertz CT molecular complexity index is 1100. The summed E-state index contributed by atoms with van der Waals surface area (Å²) in [7, 11) is 1.85. The third kappa shape index (κ3) is 4.12. The molecule has 1 aliphatic carbocycles. The van der Waals surface area contributed by atoms with Crippen molar-refractivity contribution in [2.75, 3.05) is 11.1 Å². The smallest absolute Gasteiger partial charge is 0.256 e. The van der Waals surface area contributed by atoms with E-state index in [0.29, 0.717) is 22.9 Å². The molecule has 0 atom stereocenters. The lowest BCUT2D eigenvalue weighted by atomic mass is 10.1. The number of pyridine rings is 1. The zero-order valence-electron chi connectivity index (χ0n) is 16.4. The van der Waals surface area contributed by atoms with Crippen molar-refractivity contribution in [1.29, 1.82) is 0 Å². The summed E-state index contributed by atoms with van der Waals surface area (Å²) in [4.78, 5) is 29.9. The summed E-state index contributed by atoms with van der Waals surface area (Å²) in [5.74, 6) is 0.476. The van der Waals surface area contributed by atoms with Crippen LogP contribution in [0.2, 0.25) is 0 Å². The van der Waals surface area contributed by atoms with Crippen LogP contribution in [0.3, 0.4) is 0 Å². The van der Waals surface area contributed by atoms with Gasteiger partial charge in [-0.25, -0.2) is 4.98 Å². The summed E-state index contributed by atoms with van der Waals surface area (Å²) in [5, 5.41) is 8.29. The van der Waals surface area contributed by atoms with E-state index < -0.39 is 0 Å². The van der Waals surface area contributed by atoms with Crippen molar-refractivity contribution >= 4 is 40.3 Å². The lowest BCUT2D eigenvalue weighted by Crippen LogP contribution is -2.14. The molecule has 4 rings (SSSR count). The standard InChI is InChI=1S/C21H23N5O2S/c1-12-19-14(11-16(13-7-8-13)23-20(19)26(2)25-12)21(28)24-15-5-3-4-6-17(15)29-10-9-18(22)27/h3-6,11,13H,7-10H2,1-2H3,(H2,22,27)(H,24,28). The Morgan fingerprint density at radius 2 is 2.07 bits per heavy atom. The van der Waals surface area contributed by atoms with Crippen LogP contribution >= 0.6 is 11.8 Å². The topological polar surface area (TPSA) is 103 Å². The maximum atomic E-state index is 13.3. The molecule has 29 heavy (non-hydrogen) atoms. The van der Waals surface area contributed by atoms with Gasteiger partial charge in [-0.05, 0) is 38.0 Å². The molecule has 2 amide bonds. The first-order chi connectivity index (χ1) is 13.9. The number of para-hydroxylation sites is 1. The third-order valence-corrected chi connectivity index (χ3v) is 6.05. The Morgan fingerprint density at radius 1 is 1.31 bits per heavy atom. The highest BCUT2D eigenvalue weighted by Crippen LogP contribution is 2.40. The molecule has 0 radical (unpaired) electrons. The van der Waals surface area contributed by atoms with Gasteiger partial charge >= 0.3 is 0 Å². The van der Waals surface area contributed by atoms with Gasteiger partial charge in [-0.1, -0.05) is 12.1 Å². The highest BCUT2D eigenvalue weighted by atomic mass is 32.2. The molecule has 1 aromatic carbocycles. The van der Waals surface area contributed by atoms with E-state index in [1.54, 1.807) is 4.68 Å². The second-order valence-electron chi connectivity index (χ2n) is 7.29. The maximum Gasteiger partial charge on any atom is 0.256 e. The van der Waals surface area contributed by atoms with Gasteiger partial charge < -0.3 is 11.1 Å². The van der Waals surface area contributed by atoms with Crippen LogP contribution in [0.4, 0.5) is 5.69 Å². The van der Waals surface area contributed by atoms with E-state index in [-0.39, 0.29) is 18.2 Å². The van der Waals surface area contributed by atoms with Gasteiger partial charge in [0, 0.05) is 35.7 Å². The first kappa shape index (κ1) is 19.4. The number of carbonyl (C=O) groups excluding carboxylic acids is 2. The highest BCUT2D eigenvalue weighted by molar-refractivity contribution is 7.99. The number of fused-ring (bicyclic) bond motifs is 1. The van der Waals surface area contributed by atoms with Gasteiger partial charge in [-0.15, -0.1) is 11.8 Å². The predicted octanol–water partition coefficient (Wildman–Crippen LogP) is 3.37. The summed E-state index contributed by atoms with van der Waals surface area (Å²) >= 11 is 1.50. The van der Waals surface area contributed by atoms with Gasteiger partial charge in [-0.3, -0.25) is 14.3 Å². The number of anilines is 1. The fourth-order valence-electron chi connectivity index (χ4n) is 3.38. The number of aromatic nitrogens is 3. The second-order valence-corrected chi connectivity index (χ2v) is 8.43. The molecule has 0 unspecified atom stereocenters. The van der Waals surface area contributed by atoms with Crippen LogP contribution in [0.15, 0.2) is 35.2 Å². The predicted molar refractivity (Wildman–Crippen MR) is 114 cm³/mol. The fourth-order valence-corrected chi connectivity index (χ4v) is 4.35. The van der Waals surface area contributed by atoms with Crippen LogP contribution in [0, 0.1) is 6.92 Å². The zero-order chi connectivity index (χ0) is 20.5. The van der Waals surface area contributed by atoms with Gasteiger partial charge in [0.1, 0.15) is 0 Å². The van der Waals surface area contributed by atoms with Gasteiger partial charge in [0.05, 0.1) is 22.3 Å². The molecular weight excluding hydrogens is 386 g/mol. The molecule has 8 heteroatoms. The molecule has 0 spiro atoms. The Kier molecular flexibility index (Phi) is 5.27.